The summed E-state index contributed by atoms with van der Waals surface area (Å²) in [5.74, 6) is 1.47. The van der Waals surface area contributed by atoms with E-state index in [1.165, 1.54) is 0 Å². The molecule has 2 aromatic rings. The van der Waals surface area contributed by atoms with Gasteiger partial charge in [0.05, 0.1) is 0 Å². The Morgan fingerprint density at radius 3 is 2.70 bits per heavy atom. The zero-order valence-electron chi connectivity index (χ0n) is 10.9. The lowest BCUT2D eigenvalue weighted by Gasteiger charge is -2.10. The maximum Gasteiger partial charge on any atom is 0.231 e. The highest BCUT2D eigenvalue weighted by Crippen LogP contribution is 2.37. The topological polar surface area (TPSA) is 50.7 Å². The summed E-state index contributed by atoms with van der Waals surface area (Å²) < 4.78 is 11.6. The predicted molar refractivity (Wildman–Crippen MR) is 80.4 cm³/mol. The molecule has 0 radical (unpaired) electrons. The molecule has 5 heteroatoms. The molecular weight excluding hydrogens is 322 g/mol. The van der Waals surface area contributed by atoms with Gasteiger partial charge in [0.2, 0.25) is 6.79 Å². The fourth-order valence-electron chi connectivity index (χ4n) is 2.07. The van der Waals surface area contributed by atoms with Crippen LogP contribution in [-0.4, -0.2) is 11.9 Å². The summed E-state index contributed by atoms with van der Waals surface area (Å²) in [4.78, 5) is 0. The van der Waals surface area contributed by atoms with Crippen LogP contribution in [0, 0.1) is 6.92 Å². The highest BCUT2D eigenvalue weighted by Gasteiger charge is 2.16. The number of ether oxygens (including phenoxy) is 2. The molecule has 0 fully saturated rings. The van der Waals surface area contributed by atoms with Gasteiger partial charge in [-0.1, -0.05) is 15.9 Å². The molecule has 0 amide bonds. The van der Waals surface area contributed by atoms with E-state index in [9.17, 15) is 5.11 Å². The molecule has 1 aliphatic rings. The standard InChI is InChI=1S/C15H14BrNO3/c1-9-4-11(2-3-12(9)16)17-7-10-5-14-15(6-13(10)18)20-8-19-14/h2-6,17-18H,7-8H2,1H3. The van der Waals surface area contributed by atoms with E-state index in [1.807, 2.05) is 25.1 Å². The molecule has 0 aliphatic carbocycles. The summed E-state index contributed by atoms with van der Waals surface area (Å²) >= 11 is 3.47. The number of anilines is 1. The largest absolute Gasteiger partial charge is 0.507 e. The molecule has 0 atom stereocenters. The summed E-state index contributed by atoms with van der Waals surface area (Å²) in [7, 11) is 0. The van der Waals surface area contributed by atoms with E-state index in [2.05, 4.69) is 21.2 Å². The second-order valence-corrected chi connectivity index (χ2v) is 5.51. The number of hydrogen-bond acceptors (Lipinski definition) is 4. The van der Waals surface area contributed by atoms with Crippen LogP contribution in [0.2, 0.25) is 0 Å². The smallest absolute Gasteiger partial charge is 0.231 e. The number of phenolic OH excluding ortho intramolecular Hbond substituents is 1. The van der Waals surface area contributed by atoms with Crippen molar-refractivity contribution in [2.24, 2.45) is 0 Å². The Hall–Kier alpha value is -1.88. The molecule has 0 saturated carbocycles. The lowest BCUT2D eigenvalue weighted by atomic mass is 10.1. The molecule has 20 heavy (non-hydrogen) atoms. The van der Waals surface area contributed by atoms with Crippen LogP contribution in [0.25, 0.3) is 0 Å². The van der Waals surface area contributed by atoms with Gasteiger partial charge in [0.25, 0.3) is 0 Å². The summed E-state index contributed by atoms with van der Waals surface area (Å²) in [5, 5.41) is 13.3. The number of rotatable bonds is 3. The van der Waals surface area contributed by atoms with Gasteiger partial charge in [-0.25, -0.2) is 0 Å². The Bertz CT molecular complexity index is 658. The molecule has 2 N–H and O–H groups in total. The maximum absolute atomic E-state index is 9.97. The van der Waals surface area contributed by atoms with Crippen molar-refractivity contribution < 1.29 is 14.6 Å². The third kappa shape index (κ3) is 2.54. The predicted octanol–water partition coefficient (Wildman–Crippen LogP) is 3.80. The van der Waals surface area contributed by atoms with Gasteiger partial charge >= 0.3 is 0 Å². The zero-order chi connectivity index (χ0) is 14.1. The Morgan fingerprint density at radius 1 is 1.20 bits per heavy atom. The minimum atomic E-state index is 0.204. The molecule has 4 nitrogen and oxygen atoms in total. The van der Waals surface area contributed by atoms with Crippen LogP contribution < -0.4 is 14.8 Å². The number of halogens is 1. The third-order valence-electron chi connectivity index (χ3n) is 3.21. The van der Waals surface area contributed by atoms with Crippen molar-refractivity contribution in [1.82, 2.24) is 0 Å². The van der Waals surface area contributed by atoms with Crippen LogP contribution in [-0.2, 0) is 6.54 Å². The molecule has 1 heterocycles. The first-order valence-corrected chi connectivity index (χ1v) is 7.04. The first-order valence-electron chi connectivity index (χ1n) is 6.25. The van der Waals surface area contributed by atoms with Crippen molar-refractivity contribution in [2.75, 3.05) is 12.1 Å². The van der Waals surface area contributed by atoms with E-state index in [0.717, 1.165) is 21.3 Å². The molecule has 104 valence electrons. The molecular formula is C15H14BrNO3. The Balaban J connectivity index is 1.76. The van der Waals surface area contributed by atoms with Crippen LogP contribution in [0.3, 0.4) is 0 Å². The van der Waals surface area contributed by atoms with Gasteiger partial charge in [-0.05, 0) is 36.8 Å². The summed E-state index contributed by atoms with van der Waals surface area (Å²) in [6.45, 7) is 2.76. The van der Waals surface area contributed by atoms with Crippen LogP contribution in [0.4, 0.5) is 5.69 Å². The Labute approximate surface area is 125 Å². The van der Waals surface area contributed by atoms with Crippen molar-refractivity contribution in [3.8, 4) is 17.2 Å². The minimum Gasteiger partial charge on any atom is -0.507 e. The van der Waals surface area contributed by atoms with Gasteiger partial charge in [-0.2, -0.15) is 0 Å². The number of aryl methyl sites for hydroxylation is 1. The van der Waals surface area contributed by atoms with Gasteiger partial charge in [-0.15, -0.1) is 0 Å². The molecule has 0 spiro atoms. The Morgan fingerprint density at radius 2 is 1.95 bits per heavy atom. The van der Waals surface area contributed by atoms with E-state index in [-0.39, 0.29) is 12.5 Å². The van der Waals surface area contributed by atoms with Gasteiger partial charge in [0, 0.05) is 28.3 Å². The first-order chi connectivity index (χ1) is 9.63. The van der Waals surface area contributed by atoms with Crippen molar-refractivity contribution in [2.45, 2.75) is 13.5 Å². The number of fused-ring (bicyclic) bond motifs is 1. The van der Waals surface area contributed by atoms with E-state index in [0.29, 0.717) is 18.0 Å². The average Bonchev–Trinajstić information content (AvgIpc) is 2.87. The van der Waals surface area contributed by atoms with E-state index >= 15 is 0 Å². The SMILES string of the molecule is Cc1cc(NCc2cc3c(cc2O)OCO3)ccc1Br. The van der Waals surface area contributed by atoms with Crippen molar-refractivity contribution in [3.05, 3.63) is 45.9 Å². The van der Waals surface area contributed by atoms with Gasteiger partial charge in [0.15, 0.2) is 11.5 Å². The minimum absolute atomic E-state index is 0.204. The summed E-state index contributed by atoms with van der Waals surface area (Å²) in [6.07, 6.45) is 0. The first kappa shape index (κ1) is 13.1. The van der Waals surface area contributed by atoms with Crippen LogP contribution in [0.1, 0.15) is 11.1 Å². The highest BCUT2D eigenvalue weighted by atomic mass is 79.9. The van der Waals surface area contributed by atoms with Crippen LogP contribution in [0.5, 0.6) is 17.2 Å². The average molecular weight is 336 g/mol. The van der Waals surface area contributed by atoms with E-state index < -0.39 is 0 Å². The molecule has 2 aromatic carbocycles. The van der Waals surface area contributed by atoms with Gasteiger partial charge in [0.1, 0.15) is 5.75 Å². The zero-order valence-corrected chi connectivity index (χ0v) is 12.5. The fraction of sp³-hybridized carbons (Fsp3) is 0.200. The monoisotopic (exact) mass is 335 g/mol. The fourth-order valence-corrected chi connectivity index (χ4v) is 2.31. The number of hydrogen-bond donors (Lipinski definition) is 2. The van der Waals surface area contributed by atoms with Crippen LogP contribution >= 0.6 is 15.9 Å². The quantitative estimate of drug-likeness (QED) is 0.895. The number of aromatic hydroxyl groups is 1. The molecule has 0 bridgehead atoms. The maximum atomic E-state index is 9.97. The number of phenols is 1. The lowest BCUT2D eigenvalue weighted by molar-refractivity contribution is 0.174. The van der Waals surface area contributed by atoms with Crippen molar-refractivity contribution in [3.63, 3.8) is 0 Å². The third-order valence-corrected chi connectivity index (χ3v) is 4.10. The molecule has 0 unspecified atom stereocenters. The summed E-state index contributed by atoms with van der Waals surface area (Å²) in [5.41, 5.74) is 2.93. The van der Waals surface area contributed by atoms with E-state index in [1.54, 1.807) is 12.1 Å². The van der Waals surface area contributed by atoms with Gasteiger partial charge < -0.3 is 19.9 Å². The lowest BCUT2D eigenvalue weighted by Crippen LogP contribution is -2.00. The second kappa shape index (κ2) is 5.25. The van der Waals surface area contributed by atoms with E-state index in [4.69, 9.17) is 9.47 Å². The molecule has 3 rings (SSSR count). The normalized spacial score (nSPS) is 12.5. The molecule has 0 aromatic heterocycles. The van der Waals surface area contributed by atoms with Crippen LogP contribution in [0.15, 0.2) is 34.8 Å². The summed E-state index contributed by atoms with van der Waals surface area (Å²) in [6, 6.07) is 9.43. The second-order valence-electron chi connectivity index (χ2n) is 4.65. The molecule has 1 aliphatic heterocycles. The number of nitrogens with one attached hydrogen (secondary N) is 1. The number of benzene rings is 2. The molecule has 0 saturated heterocycles. The Kier molecular flexibility index (Phi) is 3.44. The van der Waals surface area contributed by atoms with Crippen molar-refractivity contribution >= 4 is 21.6 Å². The van der Waals surface area contributed by atoms with Gasteiger partial charge in [-0.3, -0.25) is 0 Å². The highest BCUT2D eigenvalue weighted by molar-refractivity contribution is 9.10. The van der Waals surface area contributed by atoms with Crippen molar-refractivity contribution in [1.29, 1.82) is 0 Å².